The van der Waals surface area contributed by atoms with Gasteiger partial charge in [0, 0.05) is 18.0 Å². The fraction of sp³-hybridized carbons (Fsp3) is 0. The van der Waals surface area contributed by atoms with Gasteiger partial charge in [0.1, 0.15) is 5.75 Å². The molecular formula is C12H11Cl2N3O. The zero-order valence-corrected chi connectivity index (χ0v) is 10.9. The highest BCUT2D eigenvalue weighted by molar-refractivity contribution is 5.85. The number of phenols is 1. The summed E-state index contributed by atoms with van der Waals surface area (Å²) >= 11 is 0. The molecule has 0 fully saturated rings. The highest BCUT2D eigenvalue weighted by atomic mass is 35.5. The topological polar surface area (TPSA) is 50.4 Å². The van der Waals surface area contributed by atoms with Crippen LogP contribution in [0.2, 0.25) is 0 Å². The normalized spacial score (nSPS) is 9.56. The number of phenolic OH excluding ortho intramolecular Hbond substituents is 1. The molecule has 0 saturated carbocycles. The number of rotatable bonds is 1. The Balaban J connectivity index is 0.000000810. The number of fused-ring (bicyclic) bond motifs is 1. The zero-order chi connectivity index (χ0) is 11.0. The average Bonchev–Trinajstić information content (AvgIpc) is 2.77. The van der Waals surface area contributed by atoms with Gasteiger partial charge in [-0.25, -0.2) is 9.50 Å². The molecule has 3 rings (SSSR count). The Morgan fingerprint density at radius 1 is 0.944 bits per heavy atom. The number of aromatic nitrogens is 3. The van der Waals surface area contributed by atoms with E-state index in [9.17, 15) is 5.11 Å². The third-order valence-electron chi connectivity index (χ3n) is 2.42. The van der Waals surface area contributed by atoms with E-state index in [2.05, 4.69) is 10.1 Å². The lowest BCUT2D eigenvalue weighted by molar-refractivity contribution is 0.475. The van der Waals surface area contributed by atoms with Crippen LogP contribution in [0.1, 0.15) is 0 Å². The molecule has 4 nitrogen and oxygen atoms in total. The van der Waals surface area contributed by atoms with Crippen molar-refractivity contribution in [3.8, 4) is 17.0 Å². The van der Waals surface area contributed by atoms with E-state index in [0.717, 1.165) is 16.9 Å². The standard InChI is InChI=1S/C12H9N3O.2ClH/c16-10-3-1-9(2-4-10)11-5-6-12-13-7-8-15(12)14-11;;/h1-8,16H;2*1H. The minimum atomic E-state index is 0. The zero-order valence-electron chi connectivity index (χ0n) is 9.22. The Hall–Kier alpha value is -1.78. The number of aromatic hydroxyl groups is 1. The van der Waals surface area contributed by atoms with Crippen LogP contribution in [0.3, 0.4) is 0 Å². The molecule has 0 aliphatic carbocycles. The molecule has 3 aromatic rings. The van der Waals surface area contributed by atoms with Gasteiger partial charge in [-0.1, -0.05) is 0 Å². The van der Waals surface area contributed by atoms with Crippen LogP contribution >= 0.6 is 24.8 Å². The van der Waals surface area contributed by atoms with Crippen molar-refractivity contribution in [2.45, 2.75) is 0 Å². The summed E-state index contributed by atoms with van der Waals surface area (Å²) in [5, 5.41) is 13.6. The van der Waals surface area contributed by atoms with Crippen LogP contribution in [0.15, 0.2) is 48.8 Å². The first-order chi connectivity index (χ1) is 7.83. The maximum absolute atomic E-state index is 9.21. The van der Waals surface area contributed by atoms with Gasteiger partial charge in [-0.05, 0) is 36.4 Å². The molecule has 0 unspecified atom stereocenters. The molecule has 0 radical (unpaired) electrons. The molecule has 0 aliphatic heterocycles. The Labute approximate surface area is 116 Å². The summed E-state index contributed by atoms with van der Waals surface area (Å²) in [6.45, 7) is 0. The molecule has 0 spiro atoms. The first-order valence-corrected chi connectivity index (χ1v) is 4.93. The summed E-state index contributed by atoms with van der Waals surface area (Å²) in [5.41, 5.74) is 2.64. The van der Waals surface area contributed by atoms with E-state index >= 15 is 0 Å². The van der Waals surface area contributed by atoms with Gasteiger partial charge in [0.15, 0.2) is 5.65 Å². The molecule has 2 heterocycles. The fourth-order valence-electron chi connectivity index (χ4n) is 1.60. The second-order valence-electron chi connectivity index (χ2n) is 3.50. The highest BCUT2D eigenvalue weighted by Crippen LogP contribution is 2.19. The summed E-state index contributed by atoms with van der Waals surface area (Å²) < 4.78 is 1.72. The van der Waals surface area contributed by atoms with Gasteiger partial charge < -0.3 is 5.11 Å². The van der Waals surface area contributed by atoms with Crippen molar-refractivity contribution in [2.75, 3.05) is 0 Å². The molecule has 1 N–H and O–H groups in total. The van der Waals surface area contributed by atoms with Crippen molar-refractivity contribution in [1.82, 2.24) is 14.6 Å². The lowest BCUT2D eigenvalue weighted by Gasteiger charge is -2.01. The third-order valence-corrected chi connectivity index (χ3v) is 2.42. The van der Waals surface area contributed by atoms with E-state index < -0.39 is 0 Å². The quantitative estimate of drug-likeness (QED) is 0.747. The lowest BCUT2D eigenvalue weighted by Crippen LogP contribution is -1.92. The van der Waals surface area contributed by atoms with Crippen LogP contribution in [-0.4, -0.2) is 19.7 Å². The molecule has 0 saturated heterocycles. The van der Waals surface area contributed by atoms with Crippen molar-refractivity contribution in [2.24, 2.45) is 0 Å². The van der Waals surface area contributed by atoms with Gasteiger partial charge >= 0.3 is 0 Å². The molecule has 0 aliphatic rings. The predicted molar refractivity (Wildman–Crippen MR) is 74.6 cm³/mol. The molecule has 0 atom stereocenters. The second-order valence-corrected chi connectivity index (χ2v) is 3.50. The first-order valence-electron chi connectivity index (χ1n) is 4.93. The van der Waals surface area contributed by atoms with Crippen molar-refractivity contribution < 1.29 is 5.11 Å². The molecule has 2 aromatic heterocycles. The summed E-state index contributed by atoms with van der Waals surface area (Å²) in [6, 6.07) is 10.8. The number of hydrogen-bond donors (Lipinski definition) is 1. The van der Waals surface area contributed by atoms with Crippen molar-refractivity contribution >= 4 is 30.5 Å². The van der Waals surface area contributed by atoms with Gasteiger partial charge in [0.25, 0.3) is 0 Å². The number of halogens is 2. The number of benzene rings is 1. The molecular weight excluding hydrogens is 273 g/mol. The van der Waals surface area contributed by atoms with Crippen LogP contribution in [-0.2, 0) is 0 Å². The molecule has 0 bridgehead atoms. The lowest BCUT2D eigenvalue weighted by atomic mass is 10.1. The van der Waals surface area contributed by atoms with Crippen LogP contribution in [0, 0.1) is 0 Å². The molecule has 1 aromatic carbocycles. The monoisotopic (exact) mass is 283 g/mol. The molecule has 18 heavy (non-hydrogen) atoms. The van der Waals surface area contributed by atoms with Crippen LogP contribution < -0.4 is 0 Å². The Morgan fingerprint density at radius 2 is 1.67 bits per heavy atom. The molecule has 0 amide bonds. The first kappa shape index (κ1) is 14.3. The summed E-state index contributed by atoms with van der Waals surface area (Å²) in [7, 11) is 0. The fourth-order valence-corrected chi connectivity index (χ4v) is 1.60. The minimum absolute atomic E-state index is 0. The van der Waals surface area contributed by atoms with Gasteiger partial charge in [0.2, 0.25) is 0 Å². The van der Waals surface area contributed by atoms with Gasteiger partial charge in [-0.3, -0.25) is 0 Å². The third kappa shape index (κ3) is 2.55. The molecule has 94 valence electrons. The summed E-state index contributed by atoms with van der Waals surface area (Å²) in [6.07, 6.45) is 3.52. The van der Waals surface area contributed by atoms with Crippen molar-refractivity contribution in [3.63, 3.8) is 0 Å². The van der Waals surface area contributed by atoms with Crippen LogP contribution in [0.5, 0.6) is 5.75 Å². The Bertz CT molecular complexity index is 637. The minimum Gasteiger partial charge on any atom is -0.508 e. The van der Waals surface area contributed by atoms with E-state index in [-0.39, 0.29) is 30.6 Å². The number of hydrogen-bond acceptors (Lipinski definition) is 3. The largest absolute Gasteiger partial charge is 0.508 e. The number of nitrogens with zero attached hydrogens (tertiary/aromatic N) is 3. The second kappa shape index (κ2) is 5.71. The number of imidazole rings is 1. The summed E-state index contributed by atoms with van der Waals surface area (Å²) in [4.78, 5) is 4.13. The van der Waals surface area contributed by atoms with E-state index in [1.165, 1.54) is 0 Å². The van der Waals surface area contributed by atoms with Gasteiger partial charge in [-0.2, -0.15) is 5.10 Å². The smallest absolute Gasteiger partial charge is 0.153 e. The van der Waals surface area contributed by atoms with E-state index in [1.807, 2.05) is 24.3 Å². The Kier molecular flexibility index (Phi) is 4.53. The van der Waals surface area contributed by atoms with Gasteiger partial charge in [0.05, 0.1) is 5.69 Å². The maximum atomic E-state index is 9.21. The Morgan fingerprint density at radius 3 is 2.39 bits per heavy atom. The predicted octanol–water partition coefficient (Wildman–Crippen LogP) is 2.95. The SMILES string of the molecule is Cl.Cl.Oc1ccc(-c2ccc3nccn3n2)cc1. The average molecular weight is 284 g/mol. The van der Waals surface area contributed by atoms with E-state index in [1.54, 1.807) is 29.0 Å². The van der Waals surface area contributed by atoms with E-state index in [0.29, 0.717) is 0 Å². The van der Waals surface area contributed by atoms with E-state index in [4.69, 9.17) is 0 Å². The highest BCUT2D eigenvalue weighted by Gasteiger charge is 2.01. The van der Waals surface area contributed by atoms with Crippen LogP contribution in [0.25, 0.3) is 16.9 Å². The van der Waals surface area contributed by atoms with Gasteiger partial charge in [-0.15, -0.1) is 24.8 Å². The molecule has 6 heteroatoms. The van der Waals surface area contributed by atoms with Crippen molar-refractivity contribution in [3.05, 3.63) is 48.8 Å². The van der Waals surface area contributed by atoms with Crippen LogP contribution in [0.4, 0.5) is 0 Å². The summed E-state index contributed by atoms with van der Waals surface area (Å²) in [5.74, 6) is 0.257. The maximum Gasteiger partial charge on any atom is 0.153 e. The van der Waals surface area contributed by atoms with Crippen molar-refractivity contribution in [1.29, 1.82) is 0 Å².